The fraction of sp³-hybridized carbons (Fsp3) is 1.00. The van der Waals surface area contributed by atoms with Crippen LogP contribution in [0, 0.1) is 5.92 Å². The maximum absolute atomic E-state index is 6.37. The van der Waals surface area contributed by atoms with E-state index < -0.39 is 8.56 Å². The van der Waals surface area contributed by atoms with Gasteiger partial charge in [-0.15, -0.1) is 0 Å². The van der Waals surface area contributed by atoms with Crippen molar-refractivity contribution in [2.24, 2.45) is 5.92 Å². The van der Waals surface area contributed by atoms with E-state index in [9.17, 15) is 0 Å². The molecule has 3 heteroatoms. The van der Waals surface area contributed by atoms with E-state index in [0.29, 0.717) is 0 Å². The van der Waals surface area contributed by atoms with Crippen molar-refractivity contribution < 1.29 is 8.85 Å². The van der Waals surface area contributed by atoms with E-state index in [4.69, 9.17) is 8.85 Å². The summed E-state index contributed by atoms with van der Waals surface area (Å²) in [6, 6.07) is 1.19. The molecule has 0 aromatic carbocycles. The monoisotopic (exact) mass is 300 g/mol. The van der Waals surface area contributed by atoms with Gasteiger partial charge in [-0.3, -0.25) is 0 Å². The largest absolute Gasteiger partial charge is 0.394 e. The number of hydrogen-bond acceptors (Lipinski definition) is 2. The molecule has 0 spiro atoms. The summed E-state index contributed by atoms with van der Waals surface area (Å²) in [5, 5.41) is 0. The molecular weight excluding hydrogens is 264 g/mol. The molecule has 120 valence electrons. The molecule has 0 bridgehead atoms. The molecule has 1 fully saturated rings. The Bertz CT molecular complexity index is 229. The first-order chi connectivity index (χ1) is 9.64. The van der Waals surface area contributed by atoms with Crippen LogP contribution >= 0.6 is 0 Å². The SMILES string of the molecule is CCO[Si](CCC(C)C)(OCC)C1CCCCCCC1. The lowest BCUT2D eigenvalue weighted by Gasteiger charge is -2.38. The quantitative estimate of drug-likeness (QED) is 0.538. The van der Waals surface area contributed by atoms with Gasteiger partial charge in [0, 0.05) is 18.8 Å². The molecule has 0 aromatic heterocycles. The zero-order valence-electron chi connectivity index (χ0n) is 14.2. The van der Waals surface area contributed by atoms with Crippen LogP contribution in [0.3, 0.4) is 0 Å². The Hall–Kier alpha value is 0.137. The van der Waals surface area contributed by atoms with Crippen molar-refractivity contribution in [2.45, 2.75) is 90.6 Å². The van der Waals surface area contributed by atoms with Gasteiger partial charge < -0.3 is 8.85 Å². The van der Waals surface area contributed by atoms with Gasteiger partial charge in [-0.1, -0.05) is 46.0 Å². The highest BCUT2D eigenvalue weighted by molar-refractivity contribution is 6.69. The van der Waals surface area contributed by atoms with Crippen LogP contribution < -0.4 is 0 Å². The second kappa shape index (κ2) is 9.96. The molecule has 0 heterocycles. The fourth-order valence-electron chi connectivity index (χ4n) is 3.50. The first-order valence-electron chi connectivity index (χ1n) is 8.92. The first kappa shape index (κ1) is 18.2. The second-order valence-electron chi connectivity index (χ2n) is 6.65. The number of rotatable bonds is 8. The van der Waals surface area contributed by atoms with Gasteiger partial charge >= 0.3 is 8.56 Å². The van der Waals surface area contributed by atoms with Crippen molar-refractivity contribution in [3.05, 3.63) is 0 Å². The zero-order chi connectivity index (χ0) is 14.8. The molecule has 0 amide bonds. The van der Waals surface area contributed by atoms with E-state index in [1.807, 2.05) is 0 Å². The van der Waals surface area contributed by atoms with Crippen molar-refractivity contribution in [3.8, 4) is 0 Å². The van der Waals surface area contributed by atoms with Crippen LogP contribution in [0.1, 0.15) is 79.1 Å². The minimum atomic E-state index is -2.01. The summed E-state index contributed by atoms with van der Waals surface area (Å²) in [5.41, 5.74) is 0.724. The van der Waals surface area contributed by atoms with E-state index in [-0.39, 0.29) is 0 Å². The van der Waals surface area contributed by atoms with Crippen molar-refractivity contribution in [1.82, 2.24) is 0 Å². The summed E-state index contributed by atoms with van der Waals surface area (Å²) in [6.45, 7) is 10.5. The zero-order valence-corrected chi connectivity index (χ0v) is 15.2. The lowest BCUT2D eigenvalue weighted by Crippen LogP contribution is -2.47. The Morgan fingerprint density at radius 1 is 0.900 bits per heavy atom. The predicted octanol–water partition coefficient (Wildman–Crippen LogP) is 5.66. The van der Waals surface area contributed by atoms with Gasteiger partial charge in [0.25, 0.3) is 0 Å². The first-order valence-corrected chi connectivity index (χ1v) is 11.0. The van der Waals surface area contributed by atoms with E-state index in [1.165, 1.54) is 57.4 Å². The van der Waals surface area contributed by atoms with Crippen LogP contribution in [0.25, 0.3) is 0 Å². The summed E-state index contributed by atoms with van der Waals surface area (Å²) < 4.78 is 12.7. The van der Waals surface area contributed by atoms with E-state index in [1.54, 1.807) is 0 Å². The Morgan fingerprint density at radius 3 is 1.85 bits per heavy atom. The molecule has 2 nitrogen and oxygen atoms in total. The molecular formula is C17H36O2Si. The van der Waals surface area contributed by atoms with Crippen molar-refractivity contribution in [3.63, 3.8) is 0 Å². The third kappa shape index (κ3) is 5.86. The van der Waals surface area contributed by atoms with Crippen molar-refractivity contribution >= 4 is 8.56 Å². The topological polar surface area (TPSA) is 18.5 Å². The van der Waals surface area contributed by atoms with Crippen molar-refractivity contribution in [2.75, 3.05) is 13.2 Å². The van der Waals surface area contributed by atoms with Gasteiger partial charge in [-0.2, -0.15) is 0 Å². The average molecular weight is 301 g/mol. The normalized spacial score (nSPS) is 19.1. The minimum Gasteiger partial charge on any atom is -0.394 e. The third-order valence-electron chi connectivity index (χ3n) is 4.57. The summed E-state index contributed by atoms with van der Waals surface area (Å²) in [7, 11) is -2.01. The second-order valence-corrected chi connectivity index (χ2v) is 10.2. The summed E-state index contributed by atoms with van der Waals surface area (Å²) in [4.78, 5) is 0. The lowest BCUT2D eigenvalue weighted by atomic mass is 10.0. The Kier molecular flexibility index (Phi) is 9.06. The highest BCUT2D eigenvalue weighted by Gasteiger charge is 2.44. The molecule has 0 radical (unpaired) electrons. The van der Waals surface area contributed by atoms with Gasteiger partial charge in [0.1, 0.15) is 0 Å². The molecule has 1 aliphatic carbocycles. The molecule has 0 saturated heterocycles. The summed E-state index contributed by atoms with van der Waals surface area (Å²) in [6.07, 6.45) is 10.9. The molecule has 0 N–H and O–H groups in total. The Labute approximate surface area is 127 Å². The highest BCUT2D eigenvalue weighted by Crippen LogP contribution is 2.40. The Morgan fingerprint density at radius 2 is 1.40 bits per heavy atom. The minimum absolute atomic E-state index is 0.724. The molecule has 0 aliphatic heterocycles. The molecule has 0 aromatic rings. The van der Waals surface area contributed by atoms with Crippen LogP contribution in [-0.2, 0) is 8.85 Å². The van der Waals surface area contributed by atoms with Crippen LogP contribution in [0.15, 0.2) is 0 Å². The van der Waals surface area contributed by atoms with Gasteiger partial charge in [0.15, 0.2) is 0 Å². The standard InChI is InChI=1S/C17H36O2Si/c1-5-18-20(19-6-2,15-14-16(3)4)17-12-10-8-7-9-11-13-17/h16-17H,5-15H2,1-4H3. The molecule has 0 atom stereocenters. The van der Waals surface area contributed by atoms with E-state index in [2.05, 4.69) is 27.7 Å². The van der Waals surface area contributed by atoms with Crippen LogP contribution in [0.5, 0.6) is 0 Å². The summed E-state index contributed by atoms with van der Waals surface area (Å²) in [5.74, 6) is 0.747. The average Bonchev–Trinajstić information content (AvgIpc) is 2.36. The maximum atomic E-state index is 6.37. The molecule has 1 rings (SSSR count). The maximum Gasteiger partial charge on any atom is 0.341 e. The smallest absolute Gasteiger partial charge is 0.341 e. The lowest BCUT2D eigenvalue weighted by molar-refractivity contribution is 0.164. The van der Waals surface area contributed by atoms with E-state index >= 15 is 0 Å². The van der Waals surface area contributed by atoms with Crippen LogP contribution in [0.2, 0.25) is 11.6 Å². The van der Waals surface area contributed by atoms with Gasteiger partial charge in [0.2, 0.25) is 0 Å². The molecule has 1 aliphatic rings. The summed E-state index contributed by atoms with van der Waals surface area (Å²) >= 11 is 0. The van der Waals surface area contributed by atoms with E-state index in [0.717, 1.165) is 24.7 Å². The Balaban J connectivity index is 2.79. The number of hydrogen-bond donors (Lipinski definition) is 0. The fourth-order valence-corrected chi connectivity index (χ4v) is 8.00. The predicted molar refractivity (Wildman–Crippen MR) is 89.3 cm³/mol. The van der Waals surface area contributed by atoms with Crippen molar-refractivity contribution in [1.29, 1.82) is 0 Å². The van der Waals surface area contributed by atoms with Gasteiger partial charge in [0.05, 0.1) is 0 Å². The van der Waals surface area contributed by atoms with Crippen LogP contribution in [-0.4, -0.2) is 21.8 Å². The highest BCUT2D eigenvalue weighted by atomic mass is 28.4. The molecule has 20 heavy (non-hydrogen) atoms. The third-order valence-corrected chi connectivity index (χ3v) is 8.94. The molecule has 0 unspecified atom stereocenters. The van der Waals surface area contributed by atoms with Gasteiger partial charge in [-0.25, -0.2) is 0 Å². The van der Waals surface area contributed by atoms with Gasteiger partial charge in [-0.05, 0) is 45.1 Å². The molecule has 1 saturated carbocycles. The van der Waals surface area contributed by atoms with Crippen LogP contribution in [0.4, 0.5) is 0 Å².